The molecule has 0 bridgehead atoms. The zero-order valence-corrected chi connectivity index (χ0v) is 22.4. The average molecular weight is 549 g/mol. The van der Waals surface area contributed by atoms with Crippen molar-refractivity contribution >= 4 is 27.5 Å². The molecule has 2 aromatic heterocycles. The van der Waals surface area contributed by atoms with Crippen molar-refractivity contribution in [3.05, 3.63) is 54.0 Å². The highest BCUT2D eigenvalue weighted by Gasteiger charge is 2.45. The van der Waals surface area contributed by atoms with Gasteiger partial charge in [0.1, 0.15) is 35.3 Å². The molecule has 3 aliphatic heterocycles. The smallest absolute Gasteiger partial charge is 0.319 e. The highest BCUT2D eigenvalue weighted by atomic mass is 19.1. The lowest BCUT2D eigenvalue weighted by Gasteiger charge is -2.31. The van der Waals surface area contributed by atoms with Crippen LogP contribution in [0.2, 0.25) is 0 Å². The minimum atomic E-state index is -0.738. The summed E-state index contributed by atoms with van der Waals surface area (Å²) < 4.78 is 51.4. The summed E-state index contributed by atoms with van der Waals surface area (Å²) in [6, 6.07) is 7.09. The van der Waals surface area contributed by atoms with Crippen molar-refractivity contribution in [2.24, 2.45) is 0 Å². The minimum Gasteiger partial charge on any atom is -0.461 e. The van der Waals surface area contributed by atoms with Crippen LogP contribution in [0.5, 0.6) is 6.01 Å². The lowest BCUT2D eigenvalue weighted by atomic mass is 9.95. The van der Waals surface area contributed by atoms with Crippen LogP contribution >= 0.6 is 0 Å². The summed E-state index contributed by atoms with van der Waals surface area (Å²) in [4.78, 5) is 18.3. The SMILES string of the molecule is CN(c1nc(OCC23CCCN2CCC3)nc2c(F)c(-c3cccc4c(F)cc(F)cc34)ncc12)[C@@H]1CCNC1. The molecule has 3 aliphatic rings. The second-order valence-corrected chi connectivity index (χ2v) is 11.3. The molecule has 0 aliphatic carbocycles. The summed E-state index contributed by atoms with van der Waals surface area (Å²) >= 11 is 0. The van der Waals surface area contributed by atoms with E-state index in [0.29, 0.717) is 17.8 Å². The van der Waals surface area contributed by atoms with Crippen LogP contribution in [-0.2, 0) is 0 Å². The van der Waals surface area contributed by atoms with Gasteiger partial charge < -0.3 is 15.0 Å². The number of pyridine rings is 1. The third-order valence-corrected chi connectivity index (χ3v) is 9.01. The standard InChI is InChI=1S/C30H31F3N6O/c1-38(19-7-10-34-15-19)28-23-16-35-26(21-6-2-5-20-22(21)13-18(31)14-24(20)32)25(33)27(23)36-29(37-28)40-17-30-8-3-11-39(30)12-4-9-30/h2,5-6,13-14,16,19,34H,3-4,7-12,15,17H2,1H3/t19-/m1/s1. The van der Waals surface area contributed by atoms with Crippen LogP contribution in [0.25, 0.3) is 32.9 Å². The van der Waals surface area contributed by atoms with Gasteiger partial charge in [0.05, 0.1) is 10.9 Å². The van der Waals surface area contributed by atoms with Gasteiger partial charge in [0, 0.05) is 42.8 Å². The molecule has 1 atom stereocenters. The lowest BCUT2D eigenvalue weighted by molar-refractivity contribution is 0.108. The van der Waals surface area contributed by atoms with Crippen molar-refractivity contribution in [2.45, 2.75) is 43.7 Å². The van der Waals surface area contributed by atoms with Crippen molar-refractivity contribution < 1.29 is 17.9 Å². The van der Waals surface area contributed by atoms with Crippen LogP contribution in [0, 0.1) is 17.5 Å². The van der Waals surface area contributed by atoms with Gasteiger partial charge in [-0.15, -0.1) is 0 Å². The number of nitrogens with one attached hydrogen (secondary N) is 1. The lowest BCUT2D eigenvalue weighted by Crippen LogP contribution is -2.43. The third kappa shape index (κ3) is 4.16. The van der Waals surface area contributed by atoms with Gasteiger partial charge >= 0.3 is 6.01 Å². The predicted octanol–water partition coefficient (Wildman–Crippen LogP) is 5.07. The average Bonchev–Trinajstić information content (AvgIpc) is 3.70. The maximum atomic E-state index is 16.4. The van der Waals surface area contributed by atoms with E-state index in [2.05, 4.69) is 20.2 Å². The summed E-state index contributed by atoms with van der Waals surface area (Å²) in [5.41, 5.74) is 0.320. The highest BCUT2D eigenvalue weighted by Crippen LogP contribution is 2.40. The molecule has 3 saturated heterocycles. The van der Waals surface area contributed by atoms with Crippen molar-refractivity contribution in [1.82, 2.24) is 25.2 Å². The maximum absolute atomic E-state index is 16.4. The zero-order chi connectivity index (χ0) is 27.4. The maximum Gasteiger partial charge on any atom is 0.319 e. The van der Waals surface area contributed by atoms with Gasteiger partial charge in [-0.1, -0.05) is 18.2 Å². The first-order valence-corrected chi connectivity index (χ1v) is 14.0. The molecule has 1 N–H and O–H groups in total. The molecule has 0 spiro atoms. The number of halogens is 3. The summed E-state index contributed by atoms with van der Waals surface area (Å²) in [5, 5.41) is 4.26. The molecule has 0 amide bonds. The number of hydrogen-bond donors (Lipinski definition) is 1. The number of benzene rings is 2. The molecule has 4 aromatic rings. The van der Waals surface area contributed by atoms with Gasteiger partial charge in [-0.25, -0.2) is 13.2 Å². The Morgan fingerprint density at radius 2 is 1.90 bits per heavy atom. The van der Waals surface area contributed by atoms with Crippen LogP contribution in [-0.4, -0.2) is 71.3 Å². The molecule has 3 fully saturated rings. The number of fused-ring (bicyclic) bond motifs is 3. The van der Waals surface area contributed by atoms with Gasteiger partial charge in [-0.2, -0.15) is 9.97 Å². The molecule has 0 radical (unpaired) electrons. The number of hydrogen-bond acceptors (Lipinski definition) is 7. The fraction of sp³-hybridized carbons (Fsp3) is 0.433. The Morgan fingerprint density at radius 3 is 2.67 bits per heavy atom. The molecule has 2 aromatic carbocycles. The molecule has 0 saturated carbocycles. The molecule has 40 heavy (non-hydrogen) atoms. The van der Waals surface area contributed by atoms with E-state index in [1.54, 1.807) is 18.3 Å². The van der Waals surface area contributed by atoms with Gasteiger partial charge in [0.15, 0.2) is 5.82 Å². The first kappa shape index (κ1) is 25.5. The van der Waals surface area contributed by atoms with Crippen molar-refractivity contribution in [1.29, 1.82) is 0 Å². The normalized spacial score (nSPS) is 20.4. The largest absolute Gasteiger partial charge is 0.461 e. The Hall–Kier alpha value is -3.50. The van der Waals surface area contributed by atoms with E-state index in [4.69, 9.17) is 9.72 Å². The Bertz CT molecular complexity index is 1600. The Balaban J connectivity index is 1.35. The summed E-state index contributed by atoms with van der Waals surface area (Å²) in [6.07, 6.45) is 6.89. The molecule has 0 unspecified atom stereocenters. The molecular formula is C30H31F3N6O. The van der Waals surface area contributed by atoms with Crippen LogP contribution in [0.4, 0.5) is 19.0 Å². The van der Waals surface area contributed by atoms with Crippen molar-refractivity contribution in [3.63, 3.8) is 0 Å². The summed E-state index contributed by atoms with van der Waals surface area (Å²) in [7, 11) is 1.94. The van der Waals surface area contributed by atoms with E-state index in [0.717, 1.165) is 64.3 Å². The zero-order valence-electron chi connectivity index (χ0n) is 22.4. The van der Waals surface area contributed by atoms with E-state index in [1.165, 1.54) is 12.1 Å². The second-order valence-electron chi connectivity index (χ2n) is 11.3. The number of aromatic nitrogens is 3. The van der Waals surface area contributed by atoms with Gasteiger partial charge in [-0.05, 0) is 63.2 Å². The molecule has 208 valence electrons. The van der Waals surface area contributed by atoms with Gasteiger partial charge in [-0.3, -0.25) is 9.88 Å². The minimum absolute atomic E-state index is 0.0151. The molecule has 7 rings (SSSR count). The van der Waals surface area contributed by atoms with E-state index in [1.807, 2.05) is 11.9 Å². The van der Waals surface area contributed by atoms with Crippen LogP contribution in [0.3, 0.4) is 0 Å². The van der Waals surface area contributed by atoms with Gasteiger partial charge in [0.25, 0.3) is 0 Å². The number of likely N-dealkylation sites (N-methyl/N-ethyl adjacent to an activating group) is 1. The Kier molecular flexibility index (Phi) is 6.27. The molecule has 10 heteroatoms. The van der Waals surface area contributed by atoms with Crippen LogP contribution < -0.4 is 15.0 Å². The highest BCUT2D eigenvalue weighted by molar-refractivity contribution is 5.99. The fourth-order valence-electron chi connectivity index (χ4n) is 6.86. The summed E-state index contributed by atoms with van der Waals surface area (Å²) in [6.45, 7) is 4.27. The van der Waals surface area contributed by atoms with Gasteiger partial charge in [0.2, 0.25) is 0 Å². The first-order valence-electron chi connectivity index (χ1n) is 14.0. The Morgan fingerprint density at radius 1 is 1.07 bits per heavy atom. The monoisotopic (exact) mass is 548 g/mol. The van der Waals surface area contributed by atoms with Crippen molar-refractivity contribution in [2.75, 3.05) is 44.7 Å². The van der Waals surface area contributed by atoms with Crippen molar-refractivity contribution in [3.8, 4) is 17.3 Å². The number of ether oxygens (including phenoxy) is 1. The predicted molar refractivity (Wildman–Crippen MR) is 148 cm³/mol. The Labute approximate surface area is 230 Å². The molecular weight excluding hydrogens is 517 g/mol. The third-order valence-electron chi connectivity index (χ3n) is 9.01. The van der Waals surface area contributed by atoms with Crippen LogP contribution in [0.1, 0.15) is 32.1 Å². The quantitative estimate of drug-likeness (QED) is 0.361. The summed E-state index contributed by atoms with van der Waals surface area (Å²) in [5.74, 6) is -1.58. The number of nitrogens with zero attached hydrogens (tertiary/aromatic N) is 5. The van der Waals surface area contributed by atoms with Crippen LogP contribution in [0.15, 0.2) is 36.5 Å². The van der Waals surface area contributed by atoms with E-state index < -0.39 is 17.5 Å². The number of anilines is 1. The number of rotatable bonds is 6. The second kappa shape index (κ2) is 9.85. The van der Waals surface area contributed by atoms with E-state index in [-0.39, 0.29) is 45.1 Å². The first-order chi connectivity index (χ1) is 19.4. The van der Waals surface area contributed by atoms with E-state index >= 15 is 4.39 Å². The molecule has 5 heterocycles. The molecule has 7 nitrogen and oxygen atoms in total. The topological polar surface area (TPSA) is 66.4 Å². The van der Waals surface area contributed by atoms with E-state index in [9.17, 15) is 8.78 Å². The fourth-order valence-corrected chi connectivity index (χ4v) is 6.86.